The average molecular weight is 290 g/mol. The van der Waals surface area contributed by atoms with Crippen LogP contribution >= 0.6 is 22.6 Å². The van der Waals surface area contributed by atoms with Crippen LogP contribution < -0.4 is 0 Å². The van der Waals surface area contributed by atoms with E-state index in [4.69, 9.17) is 0 Å². The highest BCUT2D eigenvalue weighted by atomic mass is 127. The number of hydrogen-bond donors (Lipinski definition) is 0. The highest BCUT2D eigenvalue weighted by molar-refractivity contribution is 14.1. The summed E-state index contributed by atoms with van der Waals surface area (Å²) >= 11 is 1.99. The Bertz CT molecular complexity index is 339. The molecular weight excluding hydrogens is 279 g/mol. The number of halogens is 1. The van der Waals surface area contributed by atoms with E-state index in [0.717, 1.165) is 5.82 Å². The van der Waals surface area contributed by atoms with E-state index >= 15 is 0 Å². The molecule has 0 atom stereocenters. The van der Waals surface area contributed by atoms with Crippen molar-refractivity contribution >= 4 is 22.6 Å². The molecule has 0 amide bonds. The molecule has 0 aliphatic carbocycles. The number of rotatable bonds is 1. The molecule has 0 N–H and O–H groups in total. The second-order valence-electron chi connectivity index (χ2n) is 3.66. The summed E-state index contributed by atoms with van der Waals surface area (Å²) in [5, 5.41) is 12.0. The molecule has 70 valence electrons. The van der Waals surface area contributed by atoms with Gasteiger partial charge in [-0.3, -0.25) is 0 Å². The predicted molar refractivity (Wildman–Crippen MR) is 58.3 cm³/mol. The van der Waals surface area contributed by atoms with Crippen molar-refractivity contribution in [2.45, 2.75) is 32.7 Å². The topological polar surface area (TPSA) is 43.6 Å². The minimum Gasteiger partial charge on any atom is -0.152 e. The normalized spacial score (nSPS) is 10.8. The second-order valence-corrected chi connectivity index (χ2v) is 4.20. The molecule has 0 radical (unpaired) electrons. The third-order valence-corrected chi connectivity index (χ3v) is 1.79. The van der Waals surface area contributed by atoms with E-state index in [9.17, 15) is 0 Å². The Morgan fingerprint density at radius 3 is 2.62 bits per heavy atom. The van der Waals surface area contributed by atoms with Crippen LogP contribution in [0.2, 0.25) is 0 Å². The van der Waals surface area contributed by atoms with Gasteiger partial charge in [-0.05, 0) is 9.14 Å². The molecule has 0 saturated heterocycles. The van der Waals surface area contributed by atoms with Crippen molar-refractivity contribution in [1.29, 1.82) is 0 Å². The first-order valence-corrected chi connectivity index (χ1v) is 4.98. The van der Waals surface area contributed by atoms with Crippen molar-refractivity contribution in [2.24, 2.45) is 0 Å². The summed E-state index contributed by atoms with van der Waals surface area (Å²) in [5.41, 5.74) is -0.0456. The molecule has 0 aliphatic rings. The van der Waals surface area contributed by atoms with Crippen LogP contribution in [0, 0.1) is 9.85 Å². The largest absolute Gasteiger partial charge is 0.180 e. The summed E-state index contributed by atoms with van der Waals surface area (Å²) in [5.74, 6) is 3.62. The van der Waals surface area contributed by atoms with Crippen molar-refractivity contribution in [1.82, 2.24) is 20.2 Å². The Labute approximate surface area is 91.2 Å². The van der Waals surface area contributed by atoms with Crippen molar-refractivity contribution < 1.29 is 0 Å². The van der Waals surface area contributed by atoms with Gasteiger partial charge in [0, 0.05) is 28.0 Å². The molecule has 4 nitrogen and oxygen atoms in total. The summed E-state index contributed by atoms with van der Waals surface area (Å²) in [7, 11) is 0. The number of aromatic nitrogens is 4. The van der Waals surface area contributed by atoms with Crippen LogP contribution in [0.5, 0.6) is 0 Å². The summed E-state index contributed by atoms with van der Waals surface area (Å²) in [6.45, 7) is 6.67. The summed E-state index contributed by atoms with van der Waals surface area (Å²) in [6.07, 6.45) is 0. The van der Waals surface area contributed by atoms with Gasteiger partial charge < -0.3 is 0 Å². The number of hydrogen-bond acceptors (Lipinski definition) is 3. The Balaban J connectivity index is 2.79. The highest BCUT2D eigenvalue weighted by Crippen LogP contribution is 2.15. The zero-order valence-corrected chi connectivity index (χ0v) is 10.0. The monoisotopic (exact) mass is 290 g/mol. The van der Waals surface area contributed by atoms with E-state index in [-0.39, 0.29) is 5.41 Å². The van der Waals surface area contributed by atoms with Gasteiger partial charge in [-0.1, -0.05) is 26.7 Å². The van der Waals surface area contributed by atoms with E-state index in [1.807, 2.05) is 22.6 Å². The molecule has 1 rings (SSSR count). The van der Waals surface area contributed by atoms with E-state index in [1.54, 1.807) is 0 Å². The quantitative estimate of drug-likeness (QED) is 0.579. The van der Waals surface area contributed by atoms with Gasteiger partial charge in [-0.2, -0.15) is 4.80 Å². The lowest BCUT2D eigenvalue weighted by atomic mass is 9.96. The van der Waals surface area contributed by atoms with E-state index in [2.05, 4.69) is 46.0 Å². The molecule has 0 aromatic carbocycles. The molecular formula is C8H11IN4. The Kier molecular flexibility index (Phi) is 3.25. The molecule has 1 heterocycles. The average Bonchev–Trinajstić information content (AvgIpc) is 2.47. The van der Waals surface area contributed by atoms with Gasteiger partial charge in [0.25, 0.3) is 0 Å². The van der Waals surface area contributed by atoms with Gasteiger partial charge in [-0.15, -0.1) is 10.2 Å². The van der Waals surface area contributed by atoms with Crippen molar-refractivity contribution in [2.75, 3.05) is 0 Å². The molecule has 0 aliphatic heterocycles. The Hall–Kier alpha value is -0.640. The van der Waals surface area contributed by atoms with Gasteiger partial charge in [0.1, 0.15) is 6.54 Å². The molecule has 1 aromatic rings. The van der Waals surface area contributed by atoms with Gasteiger partial charge in [0.05, 0.1) is 0 Å². The maximum Gasteiger partial charge on any atom is 0.180 e. The first kappa shape index (κ1) is 10.4. The van der Waals surface area contributed by atoms with Crippen LogP contribution in [0.4, 0.5) is 0 Å². The fraction of sp³-hybridized carbons (Fsp3) is 0.625. The van der Waals surface area contributed by atoms with Crippen molar-refractivity contribution in [3.63, 3.8) is 0 Å². The molecule has 1 aromatic heterocycles. The predicted octanol–water partition coefficient (Wildman–Crippen LogP) is 1.37. The first-order valence-electron chi connectivity index (χ1n) is 3.91. The Morgan fingerprint density at radius 1 is 1.46 bits per heavy atom. The van der Waals surface area contributed by atoms with Crippen LogP contribution in [0.15, 0.2) is 0 Å². The zero-order chi connectivity index (χ0) is 9.90. The van der Waals surface area contributed by atoms with Gasteiger partial charge in [-0.25, -0.2) is 0 Å². The third-order valence-electron chi connectivity index (χ3n) is 1.41. The standard InChI is InChI=1S/C8H11IN4/c1-8(2,3)7-10-12-13(11-7)6-4-5-9/h6H2,1-3H3. The Morgan fingerprint density at radius 2 is 2.15 bits per heavy atom. The molecule has 13 heavy (non-hydrogen) atoms. The summed E-state index contributed by atoms with van der Waals surface area (Å²) < 4.78 is 2.76. The smallest absolute Gasteiger partial charge is 0.152 e. The number of nitrogens with zero attached hydrogens (tertiary/aromatic N) is 4. The molecule has 5 heteroatoms. The zero-order valence-electron chi connectivity index (χ0n) is 7.87. The number of tetrazole rings is 1. The van der Waals surface area contributed by atoms with E-state index in [1.165, 1.54) is 4.80 Å². The van der Waals surface area contributed by atoms with Gasteiger partial charge >= 0.3 is 0 Å². The first-order chi connectivity index (χ1) is 6.04. The summed E-state index contributed by atoms with van der Waals surface area (Å²) in [6, 6.07) is 0. The SMILES string of the molecule is CC(C)(C)c1nnn(CC#CI)n1. The van der Waals surface area contributed by atoms with Crippen LogP contribution in [-0.2, 0) is 12.0 Å². The molecule has 0 unspecified atom stereocenters. The van der Waals surface area contributed by atoms with Crippen LogP contribution in [0.25, 0.3) is 0 Å². The maximum atomic E-state index is 4.21. The lowest BCUT2D eigenvalue weighted by Gasteiger charge is -2.10. The van der Waals surface area contributed by atoms with Crippen LogP contribution in [0.3, 0.4) is 0 Å². The fourth-order valence-electron chi connectivity index (χ4n) is 0.711. The third kappa shape index (κ3) is 2.95. The maximum absolute atomic E-state index is 4.21. The van der Waals surface area contributed by atoms with Crippen molar-refractivity contribution in [3.8, 4) is 9.85 Å². The molecule has 0 fully saturated rings. The van der Waals surface area contributed by atoms with Crippen LogP contribution in [-0.4, -0.2) is 20.2 Å². The van der Waals surface area contributed by atoms with E-state index in [0.29, 0.717) is 6.54 Å². The van der Waals surface area contributed by atoms with Gasteiger partial charge in [0.15, 0.2) is 5.82 Å². The molecule has 0 bridgehead atoms. The highest BCUT2D eigenvalue weighted by Gasteiger charge is 2.19. The second kappa shape index (κ2) is 4.05. The minimum atomic E-state index is -0.0456. The minimum absolute atomic E-state index is 0.0456. The summed E-state index contributed by atoms with van der Waals surface area (Å²) in [4.78, 5) is 1.51. The van der Waals surface area contributed by atoms with E-state index < -0.39 is 0 Å². The van der Waals surface area contributed by atoms with Crippen molar-refractivity contribution in [3.05, 3.63) is 5.82 Å². The molecule has 0 saturated carbocycles. The molecule has 0 spiro atoms. The lowest BCUT2D eigenvalue weighted by Crippen LogP contribution is -2.14. The van der Waals surface area contributed by atoms with Crippen LogP contribution in [0.1, 0.15) is 26.6 Å². The fourth-order valence-corrected chi connectivity index (χ4v) is 0.881. The van der Waals surface area contributed by atoms with Gasteiger partial charge in [0.2, 0.25) is 0 Å². The lowest BCUT2D eigenvalue weighted by molar-refractivity contribution is 0.532.